The van der Waals surface area contributed by atoms with E-state index in [2.05, 4.69) is 289 Å². The first-order valence-corrected chi connectivity index (χ1v) is 31.4. The van der Waals surface area contributed by atoms with Gasteiger partial charge in [0.15, 0.2) is 0 Å². The first-order chi connectivity index (χ1) is 42.2. The molecule has 0 heterocycles. The van der Waals surface area contributed by atoms with Gasteiger partial charge >= 0.3 is 0 Å². The number of rotatable bonds is 10. The Kier molecular flexibility index (Phi) is 14.1. The fraction of sp³-hybridized carbons (Fsp3) is 0.238. The molecule has 11 aromatic rings. The summed E-state index contributed by atoms with van der Waals surface area (Å²) >= 11 is 0. The summed E-state index contributed by atoms with van der Waals surface area (Å²) in [4.78, 5) is 4.55. The molecule has 1 unspecified atom stereocenters. The van der Waals surface area contributed by atoms with Gasteiger partial charge in [-0.25, -0.2) is 8.78 Å². The molecule has 11 aromatic carbocycles. The first kappa shape index (κ1) is 58.9. The molecule has 5 heteroatoms. The molecule has 2 aliphatic carbocycles. The second-order valence-corrected chi connectivity index (χ2v) is 29.3. The molecule has 0 bridgehead atoms. The predicted molar refractivity (Wildman–Crippen MR) is 369 cm³/mol. The van der Waals surface area contributed by atoms with Gasteiger partial charge in [0.2, 0.25) is 0 Å². The highest BCUT2D eigenvalue weighted by atomic mass is 19.1. The summed E-state index contributed by atoms with van der Waals surface area (Å²) in [6.45, 7) is 31.6. The van der Waals surface area contributed by atoms with E-state index in [4.69, 9.17) is 4.74 Å². The van der Waals surface area contributed by atoms with Crippen LogP contribution in [0.3, 0.4) is 0 Å². The maximum absolute atomic E-state index is 16.3. The van der Waals surface area contributed by atoms with E-state index in [9.17, 15) is 0 Å². The van der Waals surface area contributed by atoms with E-state index >= 15 is 8.78 Å². The third kappa shape index (κ3) is 10.1. The average Bonchev–Trinajstić information content (AvgIpc) is 1.51. The molecule has 0 amide bonds. The summed E-state index contributed by atoms with van der Waals surface area (Å²) in [6.07, 6.45) is 0. The Morgan fingerprint density at radius 2 is 0.730 bits per heavy atom. The number of anilines is 6. The van der Waals surface area contributed by atoms with Gasteiger partial charge in [0.25, 0.3) is 0 Å². The normalized spacial score (nSPS) is 15.1. The zero-order chi connectivity index (χ0) is 62.7. The highest BCUT2D eigenvalue weighted by molar-refractivity contribution is 6.15. The Bertz CT molecular complexity index is 4510. The van der Waals surface area contributed by atoms with E-state index in [1.54, 1.807) is 18.2 Å². The fourth-order valence-electron chi connectivity index (χ4n) is 14.2. The minimum absolute atomic E-state index is 0.00709. The second kappa shape index (κ2) is 21.3. The molecule has 0 fully saturated rings. The van der Waals surface area contributed by atoms with Crippen molar-refractivity contribution < 1.29 is 13.5 Å². The Balaban J connectivity index is 1.20. The van der Waals surface area contributed by atoms with Crippen molar-refractivity contribution in [1.29, 1.82) is 0 Å². The van der Waals surface area contributed by atoms with Crippen LogP contribution in [-0.4, -0.2) is 0 Å². The Labute approximate surface area is 526 Å². The Hall–Kier alpha value is -9.06. The number of ether oxygens (including phenoxy) is 1. The highest BCUT2D eigenvalue weighted by Crippen LogP contribution is 2.67. The summed E-state index contributed by atoms with van der Waals surface area (Å²) in [6, 6.07) is 80.9. The van der Waals surface area contributed by atoms with Crippen molar-refractivity contribution in [3.8, 4) is 33.8 Å². The van der Waals surface area contributed by atoms with E-state index < -0.39 is 10.8 Å². The third-order valence-corrected chi connectivity index (χ3v) is 18.9. The third-order valence-electron chi connectivity index (χ3n) is 18.9. The molecule has 0 aliphatic heterocycles. The van der Waals surface area contributed by atoms with Crippen LogP contribution in [0.1, 0.15) is 153 Å². The lowest BCUT2D eigenvalue weighted by Gasteiger charge is -2.38. The van der Waals surface area contributed by atoms with E-state index in [0.717, 1.165) is 89.3 Å². The van der Waals surface area contributed by atoms with Crippen molar-refractivity contribution in [2.45, 2.75) is 129 Å². The van der Waals surface area contributed by atoms with Gasteiger partial charge in [0.05, 0.1) is 16.8 Å². The number of halogens is 2. The van der Waals surface area contributed by atoms with Crippen LogP contribution in [0.2, 0.25) is 0 Å². The monoisotopic (exact) mass is 1170 g/mol. The fourth-order valence-corrected chi connectivity index (χ4v) is 14.2. The molecule has 0 aromatic heterocycles. The molecule has 446 valence electrons. The molecule has 0 radical (unpaired) electrons. The minimum atomic E-state index is -1.05. The van der Waals surface area contributed by atoms with Crippen LogP contribution in [-0.2, 0) is 32.5 Å². The number of hydrogen-bond donors (Lipinski definition) is 0. The Morgan fingerprint density at radius 3 is 1.21 bits per heavy atom. The van der Waals surface area contributed by atoms with E-state index in [1.807, 2.05) is 18.2 Å². The van der Waals surface area contributed by atoms with Crippen molar-refractivity contribution in [2.24, 2.45) is 0 Å². The van der Waals surface area contributed by atoms with E-state index in [-0.39, 0.29) is 33.3 Å². The van der Waals surface area contributed by atoms with Crippen LogP contribution in [0, 0.1) is 11.6 Å². The van der Waals surface area contributed by atoms with Gasteiger partial charge < -0.3 is 14.5 Å². The molecule has 0 spiro atoms. The van der Waals surface area contributed by atoms with Gasteiger partial charge in [0.1, 0.15) is 23.1 Å². The maximum atomic E-state index is 16.3. The zero-order valence-corrected chi connectivity index (χ0v) is 54.0. The largest absolute Gasteiger partial charge is 0.457 e. The van der Waals surface area contributed by atoms with Crippen LogP contribution >= 0.6 is 0 Å². The number of hydrogen-bond acceptors (Lipinski definition) is 3. The molecule has 2 aliphatic rings. The van der Waals surface area contributed by atoms with Gasteiger partial charge in [-0.2, -0.15) is 0 Å². The quantitative estimate of drug-likeness (QED) is 0.136. The van der Waals surface area contributed by atoms with E-state index in [0.29, 0.717) is 17.1 Å². The summed E-state index contributed by atoms with van der Waals surface area (Å²) in [5, 5.41) is 2.09. The maximum Gasteiger partial charge on any atom is 0.127 e. The standard InChI is InChI=1S/C84H80F2N2O/c1-79(2,3)53-29-31-57(32-30-53)84(58-39-47-66(48-40-58)89-65-45-37-56(38-46-65)82(10,11)12)71-51-73(87(63-23-19-21-59(85)49-63)61-41-33-54(34-42-61)80(4,5)6)67-25-15-16-26-68(67)75(71)77-72(84)52-74(78-76(77)69-27-17-18-28-70(69)83(78,13)14)88(64-24-20-22-60(86)50-64)62-43-35-55(36-44-62)81(7,8)9/h15-52H,1-14H3. The van der Waals surface area contributed by atoms with Crippen LogP contribution < -0.4 is 14.5 Å². The molecular weight excluding hydrogens is 1090 g/mol. The molecule has 0 N–H and O–H groups in total. The second-order valence-electron chi connectivity index (χ2n) is 29.3. The lowest BCUT2D eigenvalue weighted by Crippen LogP contribution is -2.30. The number of nitrogens with zero attached hydrogens (tertiary/aromatic N) is 2. The molecule has 3 nitrogen and oxygen atoms in total. The number of fused-ring (bicyclic) bond motifs is 9. The van der Waals surface area contributed by atoms with Crippen LogP contribution in [0.15, 0.2) is 231 Å². The summed E-state index contributed by atoms with van der Waals surface area (Å²) in [7, 11) is 0. The van der Waals surface area contributed by atoms with Gasteiger partial charge in [0, 0.05) is 33.6 Å². The summed E-state index contributed by atoms with van der Waals surface area (Å²) in [5.74, 6) is 0.832. The molecule has 0 saturated carbocycles. The number of benzene rings is 11. The molecule has 0 saturated heterocycles. The smallest absolute Gasteiger partial charge is 0.127 e. The van der Waals surface area contributed by atoms with Crippen LogP contribution in [0.25, 0.3) is 33.0 Å². The van der Waals surface area contributed by atoms with Gasteiger partial charge in [-0.15, -0.1) is 0 Å². The van der Waals surface area contributed by atoms with Gasteiger partial charge in [-0.1, -0.05) is 230 Å². The highest BCUT2D eigenvalue weighted by Gasteiger charge is 2.53. The summed E-state index contributed by atoms with van der Waals surface area (Å²) in [5.41, 5.74) is 19.3. The summed E-state index contributed by atoms with van der Waals surface area (Å²) < 4.78 is 39.1. The predicted octanol–water partition coefficient (Wildman–Crippen LogP) is 23.7. The van der Waals surface area contributed by atoms with Crippen molar-refractivity contribution in [3.05, 3.63) is 298 Å². The van der Waals surface area contributed by atoms with Gasteiger partial charge in [-0.3, -0.25) is 0 Å². The Morgan fingerprint density at radius 1 is 0.337 bits per heavy atom. The van der Waals surface area contributed by atoms with Crippen molar-refractivity contribution in [2.75, 3.05) is 9.80 Å². The van der Waals surface area contributed by atoms with Crippen molar-refractivity contribution in [1.82, 2.24) is 0 Å². The van der Waals surface area contributed by atoms with E-state index in [1.165, 1.54) is 39.9 Å². The van der Waals surface area contributed by atoms with Gasteiger partial charge in [-0.05, 0) is 202 Å². The topological polar surface area (TPSA) is 15.7 Å². The first-order valence-electron chi connectivity index (χ1n) is 31.4. The SMILES string of the molecule is CC(C)(C)c1ccc(Oc2ccc(C3(c4ccc(C(C)(C)C)cc4)c4cc(N(c5ccc(C(C)(C)C)cc5)c5cccc(F)c5)c5c(c4-c4c3cc(N(c3ccc(C(C)(C)C)cc3)c3cccc(F)c3)c3ccccc43)-c3ccccc3C5(C)C)cc2)cc1. The molecule has 13 rings (SSSR count). The molecule has 1 atom stereocenters. The van der Waals surface area contributed by atoms with Crippen LogP contribution in [0.5, 0.6) is 11.5 Å². The average molecular weight is 1170 g/mol. The molecular formula is C84H80F2N2O. The van der Waals surface area contributed by atoms with Crippen LogP contribution in [0.4, 0.5) is 42.9 Å². The lowest BCUT2D eigenvalue weighted by molar-refractivity contribution is 0.481. The lowest BCUT2D eigenvalue weighted by atomic mass is 9.66. The van der Waals surface area contributed by atoms with Crippen molar-refractivity contribution in [3.63, 3.8) is 0 Å². The van der Waals surface area contributed by atoms with Crippen molar-refractivity contribution >= 4 is 44.9 Å². The molecule has 89 heavy (non-hydrogen) atoms. The zero-order valence-electron chi connectivity index (χ0n) is 54.0. The minimum Gasteiger partial charge on any atom is -0.457 e.